The number of esters is 1. The Morgan fingerprint density at radius 2 is 2.47 bits per heavy atom. The van der Waals surface area contributed by atoms with E-state index in [9.17, 15) is 9.59 Å². The molecule has 2 heterocycles. The normalized spacial score (nSPS) is 13.5. The van der Waals surface area contributed by atoms with E-state index in [1.165, 1.54) is 19.4 Å². The van der Waals surface area contributed by atoms with Gasteiger partial charge in [-0.05, 0) is 6.07 Å². The second kappa shape index (κ2) is 3.56. The fourth-order valence-corrected chi connectivity index (χ4v) is 1.23. The third-order valence-corrected chi connectivity index (χ3v) is 1.97. The Hall–Kier alpha value is -2.11. The van der Waals surface area contributed by atoms with E-state index in [4.69, 9.17) is 4.74 Å². The first-order chi connectivity index (χ1) is 7.20. The highest BCUT2D eigenvalue weighted by molar-refractivity contribution is 5.93. The lowest BCUT2D eigenvalue weighted by atomic mass is 10.2. The summed E-state index contributed by atoms with van der Waals surface area (Å²) < 4.78 is 9.23. The molecule has 0 fully saturated rings. The fourth-order valence-electron chi connectivity index (χ4n) is 1.23. The van der Waals surface area contributed by atoms with Crippen LogP contribution >= 0.6 is 0 Å². The number of cyclic esters (lactones) is 1. The van der Waals surface area contributed by atoms with Crippen molar-refractivity contribution in [3.05, 3.63) is 23.5 Å². The monoisotopic (exact) mass is 208 g/mol. The summed E-state index contributed by atoms with van der Waals surface area (Å²) in [5.74, 6) is -0.494. The summed E-state index contributed by atoms with van der Waals surface area (Å²) in [7, 11) is 1.28. The summed E-state index contributed by atoms with van der Waals surface area (Å²) in [5, 5.41) is 2.45. The minimum Gasteiger partial charge on any atom is -0.465 e. The Kier molecular flexibility index (Phi) is 2.24. The molecule has 1 amide bonds. The Morgan fingerprint density at radius 3 is 3.20 bits per heavy atom. The van der Waals surface area contributed by atoms with Gasteiger partial charge in [-0.25, -0.2) is 9.59 Å². The SMILES string of the molecule is COC(=O)c1cnc2c(c1)NC(=O)OC2. The van der Waals surface area contributed by atoms with Gasteiger partial charge in [-0.1, -0.05) is 0 Å². The van der Waals surface area contributed by atoms with E-state index in [0.29, 0.717) is 16.9 Å². The first kappa shape index (κ1) is 9.45. The van der Waals surface area contributed by atoms with Crippen LogP contribution in [0.15, 0.2) is 12.3 Å². The van der Waals surface area contributed by atoms with Crippen molar-refractivity contribution < 1.29 is 19.1 Å². The molecule has 0 radical (unpaired) electrons. The number of pyridine rings is 1. The molecule has 0 aliphatic carbocycles. The van der Waals surface area contributed by atoms with Gasteiger partial charge in [0.2, 0.25) is 0 Å². The molecule has 0 saturated heterocycles. The number of ether oxygens (including phenoxy) is 2. The zero-order valence-electron chi connectivity index (χ0n) is 7.94. The number of amides is 1. The molecule has 0 saturated carbocycles. The summed E-state index contributed by atoms with van der Waals surface area (Å²) >= 11 is 0. The Balaban J connectivity index is 2.36. The third-order valence-electron chi connectivity index (χ3n) is 1.97. The minimum absolute atomic E-state index is 0.114. The molecule has 1 aliphatic heterocycles. The Labute approximate surface area is 85.2 Å². The van der Waals surface area contributed by atoms with E-state index < -0.39 is 12.1 Å². The Bertz CT molecular complexity index is 430. The number of carbonyl (C=O) groups is 2. The smallest absolute Gasteiger partial charge is 0.412 e. The van der Waals surface area contributed by atoms with E-state index in [1.807, 2.05) is 0 Å². The fraction of sp³-hybridized carbons (Fsp3) is 0.222. The van der Waals surface area contributed by atoms with E-state index in [1.54, 1.807) is 0 Å². The lowest BCUT2D eigenvalue weighted by molar-refractivity contribution is 0.0600. The molecule has 6 nitrogen and oxygen atoms in total. The molecule has 0 spiro atoms. The van der Waals surface area contributed by atoms with Crippen LogP contribution in [0, 0.1) is 0 Å². The van der Waals surface area contributed by atoms with Crippen LogP contribution in [0.5, 0.6) is 0 Å². The zero-order valence-corrected chi connectivity index (χ0v) is 7.94. The molecule has 1 aromatic heterocycles. The van der Waals surface area contributed by atoms with Crippen molar-refractivity contribution in [3.8, 4) is 0 Å². The summed E-state index contributed by atoms with van der Waals surface area (Å²) in [5.41, 5.74) is 1.36. The van der Waals surface area contributed by atoms with Gasteiger partial charge in [0.25, 0.3) is 0 Å². The topological polar surface area (TPSA) is 77.5 Å². The molecule has 0 atom stereocenters. The van der Waals surface area contributed by atoms with Crippen molar-refractivity contribution >= 4 is 17.7 Å². The molecule has 0 aromatic carbocycles. The van der Waals surface area contributed by atoms with Crippen LogP contribution in [0.1, 0.15) is 16.1 Å². The van der Waals surface area contributed by atoms with E-state index in [2.05, 4.69) is 15.0 Å². The van der Waals surface area contributed by atoms with Crippen LogP contribution in [0.3, 0.4) is 0 Å². The Morgan fingerprint density at radius 1 is 1.67 bits per heavy atom. The number of nitrogens with zero attached hydrogens (tertiary/aromatic N) is 1. The average Bonchev–Trinajstić information content (AvgIpc) is 2.27. The molecular formula is C9H8N2O4. The van der Waals surface area contributed by atoms with Crippen LogP contribution in [-0.4, -0.2) is 24.2 Å². The highest BCUT2D eigenvalue weighted by Crippen LogP contribution is 2.20. The van der Waals surface area contributed by atoms with Gasteiger partial charge in [0.1, 0.15) is 12.3 Å². The zero-order chi connectivity index (χ0) is 10.8. The van der Waals surface area contributed by atoms with Crippen LogP contribution in [0.2, 0.25) is 0 Å². The van der Waals surface area contributed by atoms with Gasteiger partial charge in [0, 0.05) is 6.20 Å². The lowest BCUT2D eigenvalue weighted by Crippen LogP contribution is -2.21. The van der Waals surface area contributed by atoms with Crippen LogP contribution in [-0.2, 0) is 16.1 Å². The van der Waals surface area contributed by atoms with Gasteiger partial charge in [-0.2, -0.15) is 0 Å². The number of aromatic nitrogens is 1. The summed E-state index contributed by atoms with van der Waals surface area (Å²) in [6.45, 7) is 0.114. The molecule has 78 valence electrons. The van der Waals surface area contributed by atoms with Crippen molar-refractivity contribution in [1.82, 2.24) is 4.98 Å². The largest absolute Gasteiger partial charge is 0.465 e. The van der Waals surface area contributed by atoms with Crippen LogP contribution in [0.25, 0.3) is 0 Å². The van der Waals surface area contributed by atoms with Gasteiger partial charge in [0.05, 0.1) is 18.4 Å². The van der Waals surface area contributed by atoms with Gasteiger partial charge in [-0.3, -0.25) is 10.3 Å². The molecule has 6 heteroatoms. The second-order valence-corrected chi connectivity index (χ2v) is 2.91. The molecular weight excluding hydrogens is 200 g/mol. The predicted molar refractivity (Wildman–Crippen MR) is 49.4 cm³/mol. The van der Waals surface area contributed by atoms with Crippen molar-refractivity contribution in [2.45, 2.75) is 6.61 Å². The second-order valence-electron chi connectivity index (χ2n) is 2.91. The average molecular weight is 208 g/mol. The predicted octanol–water partition coefficient (Wildman–Crippen LogP) is 0.930. The number of nitrogens with one attached hydrogen (secondary N) is 1. The van der Waals surface area contributed by atoms with Gasteiger partial charge >= 0.3 is 12.1 Å². The number of methoxy groups -OCH3 is 1. The van der Waals surface area contributed by atoms with Gasteiger partial charge < -0.3 is 9.47 Å². The maximum absolute atomic E-state index is 11.2. The van der Waals surface area contributed by atoms with Gasteiger partial charge in [0.15, 0.2) is 0 Å². The third kappa shape index (κ3) is 1.74. The number of carbonyl (C=O) groups excluding carboxylic acids is 2. The molecule has 0 unspecified atom stereocenters. The molecule has 1 N–H and O–H groups in total. The van der Waals surface area contributed by atoms with Crippen molar-refractivity contribution in [2.75, 3.05) is 12.4 Å². The standard InChI is InChI=1S/C9H8N2O4/c1-14-8(12)5-2-6-7(10-3-5)4-15-9(13)11-6/h2-3H,4H2,1H3,(H,11,13). The molecule has 2 rings (SSSR count). The quantitative estimate of drug-likeness (QED) is 0.694. The van der Waals surface area contributed by atoms with E-state index in [0.717, 1.165) is 0 Å². The lowest BCUT2D eigenvalue weighted by Gasteiger charge is -2.16. The maximum Gasteiger partial charge on any atom is 0.412 e. The van der Waals surface area contributed by atoms with E-state index in [-0.39, 0.29) is 6.61 Å². The van der Waals surface area contributed by atoms with Crippen LogP contribution in [0.4, 0.5) is 10.5 Å². The first-order valence-electron chi connectivity index (χ1n) is 4.21. The number of hydrogen-bond donors (Lipinski definition) is 1. The number of hydrogen-bond acceptors (Lipinski definition) is 5. The number of fused-ring (bicyclic) bond motifs is 1. The highest BCUT2D eigenvalue weighted by Gasteiger charge is 2.18. The molecule has 0 bridgehead atoms. The first-order valence-corrected chi connectivity index (χ1v) is 4.21. The number of rotatable bonds is 1. The minimum atomic E-state index is -0.550. The van der Waals surface area contributed by atoms with Gasteiger partial charge in [-0.15, -0.1) is 0 Å². The maximum atomic E-state index is 11.2. The summed E-state index contributed by atoms with van der Waals surface area (Å²) in [6.07, 6.45) is 0.831. The van der Waals surface area contributed by atoms with E-state index >= 15 is 0 Å². The molecule has 15 heavy (non-hydrogen) atoms. The molecule has 1 aromatic rings. The number of anilines is 1. The summed E-state index contributed by atoms with van der Waals surface area (Å²) in [4.78, 5) is 26.1. The van der Waals surface area contributed by atoms with Crippen LogP contribution < -0.4 is 5.32 Å². The van der Waals surface area contributed by atoms with Crippen molar-refractivity contribution in [2.24, 2.45) is 0 Å². The summed E-state index contributed by atoms with van der Waals surface area (Å²) in [6, 6.07) is 1.51. The van der Waals surface area contributed by atoms with Crippen molar-refractivity contribution in [1.29, 1.82) is 0 Å². The van der Waals surface area contributed by atoms with Crippen molar-refractivity contribution in [3.63, 3.8) is 0 Å². The highest BCUT2D eigenvalue weighted by atomic mass is 16.6. The molecule has 1 aliphatic rings.